The molecule has 0 amide bonds. The molecule has 0 aliphatic carbocycles. The first-order chi connectivity index (χ1) is 41.3. The number of hydrogen-bond donors (Lipinski definition) is 0. The summed E-state index contributed by atoms with van der Waals surface area (Å²) >= 11 is 0. The maximum Gasteiger partial charge on any atom is 0.252 e. The molecule has 0 radical (unpaired) electrons. The second-order valence-electron chi connectivity index (χ2n) is 26.3. The fourth-order valence-corrected chi connectivity index (χ4v) is 13.8. The molecule has 5 heteroatoms. The minimum absolute atomic E-state index is 0.139. The molecule has 0 fully saturated rings. The summed E-state index contributed by atoms with van der Waals surface area (Å²) < 4.78 is 25.7. The molecule has 2 aliphatic heterocycles. The molecule has 0 atom stereocenters. The summed E-state index contributed by atoms with van der Waals surface area (Å²) in [6.45, 7) is 19.6. The monoisotopic (exact) mass is 1090 g/mol. The van der Waals surface area contributed by atoms with Gasteiger partial charge in [-0.2, -0.15) is 0 Å². The Kier molecular flexibility index (Phi) is 11.2. The molecule has 4 nitrogen and oxygen atoms in total. The topological polar surface area (TPSA) is 16.3 Å². The van der Waals surface area contributed by atoms with E-state index in [4.69, 9.17) is 0 Å². The van der Waals surface area contributed by atoms with E-state index in [1.54, 1.807) is 0 Å². The molecular weight excluding hydrogens is 1020 g/mol. The Labute approximate surface area is 497 Å². The van der Waals surface area contributed by atoms with Crippen molar-refractivity contribution >= 4 is 101 Å². The highest BCUT2D eigenvalue weighted by Crippen LogP contribution is 2.51. The van der Waals surface area contributed by atoms with E-state index in [-0.39, 0.29) is 17.5 Å². The summed E-state index contributed by atoms with van der Waals surface area (Å²) in [6.07, 6.45) is -1.79. The highest BCUT2D eigenvalue weighted by Gasteiger charge is 2.45. The average molecular weight is 1090 g/mol. The number of hydrogen-bond acceptors (Lipinski definition) is 2. The second-order valence-corrected chi connectivity index (χ2v) is 26.3. The predicted molar refractivity (Wildman–Crippen MR) is 361 cm³/mol. The van der Waals surface area contributed by atoms with Crippen LogP contribution >= 0.6 is 0 Å². The van der Waals surface area contributed by atoms with E-state index in [0.29, 0.717) is 5.56 Å². The Morgan fingerprint density at radius 2 is 0.702 bits per heavy atom. The van der Waals surface area contributed by atoms with Gasteiger partial charge >= 0.3 is 0 Å². The van der Waals surface area contributed by atoms with Crippen LogP contribution in [0.15, 0.2) is 243 Å². The highest BCUT2D eigenvalue weighted by molar-refractivity contribution is 7.00. The summed E-state index contributed by atoms with van der Waals surface area (Å²) in [7, 11) is 0. The average Bonchev–Trinajstić information content (AvgIpc) is 1.35. The third kappa shape index (κ3) is 8.34. The molecule has 2 aromatic heterocycles. The molecule has 0 unspecified atom stereocenters. The number of para-hydroxylation sites is 4. The van der Waals surface area contributed by atoms with Gasteiger partial charge in [-0.25, -0.2) is 0 Å². The Hall–Kier alpha value is -9.32. The zero-order chi connectivity index (χ0) is 59.2. The quantitative estimate of drug-likeness (QED) is 0.148. The first-order valence-corrected chi connectivity index (χ1v) is 29.8. The van der Waals surface area contributed by atoms with Crippen molar-refractivity contribution in [3.8, 4) is 33.6 Å². The van der Waals surface area contributed by atoms with Crippen LogP contribution in [0.1, 0.15) is 81.7 Å². The van der Waals surface area contributed by atoms with Gasteiger partial charge < -0.3 is 18.9 Å². The zero-order valence-electron chi connectivity index (χ0n) is 51.5. The molecule has 15 rings (SSSR count). The van der Waals surface area contributed by atoms with Gasteiger partial charge in [0.05, 0.1) is 33.4 Å². The van der Waals surface area contributed by atoms with E-state index in [1.165, 1.54) is 43.6 Å². The van der Waals surface area contributed by atoms with Crippen molar-refractivity contribution in [1.82, 2.24) is 9.13 Å². The van der Waals surface area contributed by atoms with E-state index in [9.17, 15) is 2.74 Å². The molecule has 0 saturated heterocycles. The van der Waals surface area contributed by atoms with Gasteiger partial charge in [0.15, 0.2) is 0 Å². The number of benzene rings is 11. The first-order valence-electron chi connectivity index (χ1n) is 30.8. The predicted octanol–water partition coefficient (Wildman–Crippen LogP) is 19.5. The van der Waals surface area contributed by atoms with E-state index in [1.807, 2.05) is 20.8 Å². The van der Waals surface area contributed by atoms with E-state index in [2.05, 4.69) is 303 Å². The molecule has 0 saturated carbocycles. The Morgan fingerprint density at radius 3 is 1.06 bits per heavy atom. The minimum atomic E-state index is -1.79. The fourth-order valence-electron chi connectivity index (χ4n) is 13.8. The summed E-state index contributed by atoms with van der Waals surface area (Å²) in [5, 5.41) is 4.82. The van der Waals surface area contributed by atoms with Crippen LogP contribution < -0.4 is 26.2 Å². The van der Waals surface area contributed by atoms with Crippen LogP contribution in [0.5, 0.6) is 0 Å². The van der Waals surface area contributed by atoms with Crippen molar-refractivity contribution in [2.75, 3.05) is 9.80 Å². The first kappa shape index (κ1) is 49.3. The Bertz CT molecular complexity index is 4480. The van der Waals surface area contributed by atoms with Crippen molar-refractivity contribution in [2.24, 2.45) is 5.41 Å². The van der Waals surface area contributed by atoms with Crippen molar-refractivity contribution in [3.05, 3.63) is 259 Å². The molecule has 2 aliphatic rings. The summed E-state index contributed by atoms with van der Waals surface area (Å²) in [6, 6.07) is 89.6. The van der Waals surface area contributed by atoms with Gasteiger partial charge in [0.1, 0.15) is 0 Å². The van der Waals surface area contributed by atoms with Crippen molar-refractivity contribution in [1.29, 1.82) is 0 Å². The Balaban J connectivity index is 1.11. The van der Waals surface area contributed by atoms with Crippen LogP contribution in [0.4, 0.5) is 34.1 Å². The summed E-state index contributed by atoms with van der Waals surface area (Å²) in [4.78, 5) is 5.02. The number of aromatic nitrogens is 2. The third-order valence-corrected chi connectivity index (χ3v) is 17.6. The van der Waals surface area contributed by atoms with Gasteiger partial charge in [0.2, 0.25) is 0 Å². The van der Waals surface area contributed by atoms with Gasteiger partial charge in [-0.3, -0.25) is 0 Å². The van der Waals surface area contributed by atoms with Gasteiger partial charge in [-0.15, -0.1) is 0 Å². The lowest BCUT2D eigenvalue weighted by atomic mass is 9.33. The second kappa shape index (κ2) is 19.1. The lowest BCUT2D eigenvalue weighted by molar-refractivity contribution is 0.411. The maximum atomic E-state index is 10.4. The summed E-state index contributed by atoms with van der Waals surface area (Å²) in [5.41, 5.74) is 22.7. The van der Waals surface area contributed by atoms with E-state index < -0.39 is 11.8 Å². The minimum Gasteiger partial charge on any atom is -0.311 e. The number of nitrogens with zero attached hydrogens (tertiary/aromatic N) is 4. The van der Waals surface area contributed by atoms with Crippen LogP contribution in [-0.2, 0) is 17.2 Å². The number of rotatable bonds is 7. The van der Waals surface area contributed by atoms with Crippen LogP contribution in [0.2, 0.25) is 0 Å². The lowest BCUT2D eigenvalue weighted by Crippen LogP contribution is -2.61. The molecule has 0 bridgehead atoms. The smallest absolute Gasteiger partial charge is 0.252 e. The largest absolute Gasteiger partial charge is 0.311 e. The Morgan fingerprint density at radius 1 is 0.345 bits per heavy atom. The zero-order valence-corrected chi connectivity index (χ0v) is 49.5. The number of anilines is 6. The van der Waals surface area contributed by atoms with Gasteiger partial charge in [0.25, 0.3) is 6.71 Å². The van der Waals surface area contributed by atoms with Gasteiger partial charge in [-0.05, 0) is 152 Å². The molecule has 0 N–H and O–H groups in total. The summed E-state index contributed by atoms with van der Waals surface area (Å²) in [5.74, 6) is 0. The molecule has 4 heterocycles. The SMILES string of the molecule is [2H]C([2H])(c1cc2c3c(c1)N(c1ccc(C(C)(C)C)cc1-c1ccccc1)c1cc(-n4c5ccccc5c5ccccc54)ccc1B3c1ccc(-n3c4ccccc4c4ccccc43)cc1N2c1ccc(C(C)(C)C)cc1-c1ccccc1)C(C)(C)C. The fraction of sp³-hybridized carbons (Fsp3) is 0.165. The lowest BCUT2D eigenvalue weighted by Gasteiger charge is -2.45. The third-order valence-electron chi connectivity index (χ3n) is 17.6. The van der Waals surface area contributed by atoms with Crippen molar-refractivity contribution in [2.45, 2.75) is 79.5 Å². The van der Waals surface area contributed by atoms with Crippen molar-refractivity contribution in [3.63, 3.8) is 0 Å². The highest BCUT2D eigenvalue weighted by atomic mass is 15.2. The van der Waals surface area contributed by atoms with Gasteiger partial charge in [0, 0.05) is 69.5 Å². The van der Waals surface area contributed by atoms with E-state index in [0.717, 1.165) is 95.3 Å². The van der Waals surface area contributed by atoms with Crippen LogP contribution in [-0.4, -0.2) is 15.8 Å². The number of fused-ring (bicyclic) bond motifs is 10. The molecule has 408 valence electrons. The maximum absolute atomic E-state index is 10.4. The van der Waals surface area contributed by atoms with Crippen LogP contribution in [0.3, 0.4) is 0 Å². The standard InChI is InChI=1S/C79H69BN4/c1-77(2,3)50-51-44-74-76-75(45-51)84(71-43-37-55(79(7,8)9)47-63(71)53-26-14-11-15-27-53)73-49-57(82-68-34-22-18-30-60(68)61-31-19-23-35-69(61)82)39-41-65(73)80(76)64-40-38-56(81-66-32-20-16-28-58(66)59-29-17-21-33-67(59)81)48-72(64)83(74)70-42-36-54(78(4,5)6)46-62(70)52-24-12-10-13-25-52/h10-49H,50H2,1-9H3/i50D2. The van der Waals surface area contributed by atoms with Crippen molar-refractivity contribution < 1.29 is 2.74 Å². The van der Waals surface area contributed by atoms with Gasteiger partial charge in [-0.1, -0.05) is 220 Å². The van der Waals surface area contributed by atoms with E-state index >= 15 is 0 Å². The molecule has 0 spiro atoms. The van der Waals surface area contributed by atoms with Crippen LogP contribution in [0.25, 0.3) is 77.2 Å². The molecular formula is C79H69BN4. The molecule has 84 heavy (non-hydrogen) atoms. The van der Waals surface area contributed by atoms with Crippen LogP contribution in [0, 0.1) is 5.41 Å². The molecule has 13 aromatic rings. The molecule has 11 aromatic carbocycles. The normalized spacial score (nSPS) is 13.8.